The highest BCUT2D eigenvalue weighted by atomic mass is 14.8. The number of rotatable bonds is 4. The van der Waals surface area contributed by atoms with Crippen LogP contribution in [0.5, 0.6) is 0 Å². The van der Waals surface area contributed by atoms with Gasteiger partial charge in [0.15, 0.2) is 0 Å². The van der Waals surface area contributed by atoms with Gasteiger partial charge in [0.2, 0.25) is 0 Å². The zero-order valence-corrected chi connectivity index (χ0v) is 23.3. The highest BCUT2D eigenvalue weighted by molar-refractivity contribution is 5.81. The van der Waals surface area contributed by atoms with Crippen molar-refractivity contribution in [3.8, 4) is 44.8 Å². The first kappa shape index (κ1) is 25.6. The van der Waals surface area contributed by atoms with Crippen molar-refractivity contribution in [3.63, 3.8) is 0 Å². The van der Waals surface area contributed by atoms with Crippen molar-refractivity contribution >= 4 is 0 Å². The lowest BCUT2D eigenvalue weighted by atomic mass is 9.85. The van der Waals surface area contributed by atoms with Crippen LogP contribution < -0.4 is 0 Å². The third kappa shape index (κ3) is 5.60. The van der Waals surface area contributed by atoms with Gasteiger partial charge in [-0.05, 0) is 86.2 Å². The molecule has 3 aromatic carbocycles. The summed E-state index contributed by atoms with van der Waals surface area (Å²) in [6.07, 6.45) is 3.76. The minimum absolute atomic E-state index is 0.126. The van der Waals surface area contributed by atoms with Crippen LogP contribution in [0.2, 0.25) is 0 Å². The maximum atomic E-state index is 4.74. The number of hydrogen-bond acceptors (Lipinski definition) is 2. The van der Waals surface area contributed by atoms with Gasteiger partial charge in [-0.1, -0.05) is 102 Å². The number of nitrogens with zero attached hydrogens (tertiary/aromatic N) is 2. The van der Waals surface area contributed by atoms with Crippen molar-refractivity contribution in [2.24, 2.45) is 0 Å². The summed E-state index contributed by atoms with van der Waals surface area (Å²) in [5, 5.41) is 0. The topological polar surface area (TPSA) is 25.8 Å². The van der Waals surface area contributed by atoms with E-state index < -0.39 is 0 Å². The van der Waals surface area contributed by atoms with Crippen LogP contribution in [0.4, 0.5) is 0 Å². The molecule has 5 aromatic rings. The van der Waals surface area contributed by atoms with Crippen LogP contribution in [-0.4, -0.2) is 9.97 Å². The fraction of sp³-hybridized carbons (Fsp3) is 0.222. The van der Waals surface area contributed by atoms with E-state index >= 15 is 0 Å². The maximum absolute atomic E-state index is 4.74. The summed E-state index contributed by atoms with van der Waals surface area (Å²) in [5.74, 6) is 0. The van der Waals surface area contributed by atoms with E-state index in [1.807, 2.05) is 24.4 Å². The average molecular weight is 497 g/mol. The van der Waals surface area contributed by atoms with Crippen molar-refractivity contribution in [2.75, 3.05) is 0 Å². The highest BCUT2D eigenvalue weighted by Gasteiger charge is 2.15. The first-order valence-electron chi connectivity index (χ1n) is 13.3. The summed E-state index contributed by atoms with van der Waals surface area (Å²) in [4.78, 5) is 9.19. The molecule has 38 heavy (non-hydrogen) atoms. The zero-order chi connectivity index (χ0) is 26.9. The lowest BCUT2D eigenvalue weighted by Crippen LogP contribution is -2.10. The maximum Gasteiger partial charge on any atom is 0.0886 e. The smallest absolute Gasteiger partial charge is 0.0886 e. The molecule has 190 valence electrons. The van der Waals surface area contributed by atoms with Gasteiger partial charge >= 0.3 is 0 Å². The Kier molecular flexibility index (Phi) is 6.75. The van der Waals surface area contributed by atoms with E-state index in [0.717, 1.165) is 22.5 Å². The second-order valence-electron chi connectivity index (χ2n) is 12.1. The molecule has 0 fully saturated rings. The largest absolute Gasteiger partial charge is 0.255 e. The van der Waals surface area contributed by atoms with E-state index in [4.69, 9.17) is 4.98 Å². The van der Waals surface area contributed by atoms with Crippen LogP contribution in [0.25, 0.3) is 44.8 Å². The molecule has 2 heterocycles. The Morgan fingerprint density at radius 1 is 0.421 bits per heavy atom. The van der Waals surface area contributed by atoms with E-state index in [-0.39, 0.29) is 10.8 Å². The van der Waals surface area contributed by atoms with Crippen LogP contribution in [0.15, 0.2) is 109 Å². The van der Waals surface area contributed by atoms with Gasteiger partial charge in [0.05, 0.1) is 11.4 Å². The predicted octanol–water partition coefficient (Wildman–Crippen LogP) is 9.74. The van der Waals surface area contributed by atoms with Crippen molar-refractivity contribution in [1.29, 1.82) is 0 Å². The van der Waals surface area contributed by atoms with Gasteiger partial charge in [-0.3, -0.25) is 9.97 Å². The molecule has 0 saturated heterocycles. The van der Waals surface area contributed by atoms with Gasteiger partial charge in [-0.25, -0.2) is 0 Å². The molecule has 0 radical (unpaired) electrons. The minimum Gasteiger partial charge on any atom is -0.255 e. The molecule has 0 unspecified atom stereocenters. The third-order valence-corrected chi connectivity index (χ3v) is 7.13. The van der Waals surface area contributed by atoms with Crippen LogP contribution >= 0.6 is 0 Å². The van der Waals surface area contributed by atoms with E-state index in [2.05, 4.69) is 125 Å². The first-order chi connectivity index (χ1) is 18.1. The molecule has 2 heteroatoms. The molecular weight excluding hydrogens is 460 g/mol. The Balaban J connectivity index is 1.59. The van der Waals surface area contributed by atoms with E-state index in [9.17, 15) is 0 Å². The molecule has 0 aliphatic carbocycles. The molecule has 0 amide bonds. The number of hydrogen-bond donors (Lipinski definition) is 0. The van der Waals surface area contributed by atoms with Crippen molar-refractivity contribution in [3.05, 3.63) is 121 Å². The SMILES string of the molecule is CC(C)(C)c1ccc(-c2cc(-c3ccc(C(C)(C)C)cc3)cc(-c3ccc(-c4ccccn4)nc3)c2)cc1. The van der Waals surface area contributed by atoms with Crippen LogP contribution in [0.3, 0.4) is 0 Å². The fourth-order valence-corrected chi connectivity index (χ4v) is 4.68. The van der Waals surface area contributed by atoms with Crippen LogP contribution in [0.1, 0.15) is 52.7 Å². The molecule has 0 N–H and O–H groups in total. The number of aromatic nitrogens is 2. The summed E-state index contributed by atoms with van der Waals surface area (Å²) < 4.78 is 0. The Morgan fingerprint density at radius 3 is 1.26 bits per heavy atom. The van der Waals surface area contributed by atoms with Crippen molar-refractivity contribution in [2.45, 2.75) is 52.4 Å². The van der Waals surface area contributed by atoms with Gasteiger partial charge in [0, 0.05) is 18.0 Å². The second kappa shape index (κ2) is 10.0. The van der Waals surface area contributed by atoms with Gasteiger partial charge < -0.3 is 0 Å². The third-order valence-electron chi connectivity index (χ3n) is 7.13. The summed E-state index contributed by atoms with van der Waals surface area (Å²) >= 11 is 0. The van der Waals surface area contributed by atoms with Gasteiger partial charge in [-0.2, -0.15) is 0 Å². The van der Waals surface area contributed by atoms with Gasteiger partial charge in [0.25, 0.3) is 0 Å². The summed E-state index contributed by atoms with van der Waals surface area (Å²) in [7, 11) is 0. The lowest BCUT2D eigenvalue weighted by molar-refractivity contribution is 0.590. The summed E-state index contributed by atoms with van der Waals surface area (Å²) in [6, 6.07) is 34.9. The average Bonchev–Trinajstić information content (AvgIpc) is 2.92. The van der Waals surface area contributed by atoms with E-state index in [1.54, 1.807) is 6.20 Å². The normalized spacial score (nSPS) is 11.9. The number of benzene rings is 3. The Labute approximate surface area is 227 Å². The molecule has 5 rings (SSSR count). The molecule has 0 saturated carbocycles. The van der Waals surface area contributed by atoms with E-state index in [0.29, 0.717) is 0 Å². The Bertz CT molecular complexity index is 1440. The minimum atomic E-state index is 0.126. The zero-order valence-electron chi connectivity index (χ0n) is 23.3. The van der Waals surface area contributed by atoms with Gasteiger partial charge in [0.1, 0.15) is 0 Å². The predicted molar refractivity (Wildman–Crippen MR) is 161 cm³/mol. The molecule has 0 bridgehead atoms. The van der Waals surface area contributed by atoms with Crippen LogP contribution in [0, 0.1) is 0 Å². The molecule has 2 nitrogen and oxygen atoms in total. The van der Waals surface area contributed by atoms with Crippen LogP contribution in [-0.2, 0) is 10.8 Å². The molecule has 0 aliphatic rings. The number of pyridine rings is 2. The van der Waals surface area contributed by atoms with Crippen molar-refractivity contribution < 1.29 is 0 Å². The molecule has 2 aromatic heterocycles. The monoisotopic (exact) mass is 496 g/mol. The van der Waals surface area contributed by atoms with E-state index in [1.165, 1.54) is 33.4 Å². The lowest BCUT2D eigenvalue weighted by Gasteiger charge is -2.20. The summed E-state index contributed by atoms with van der Waals surface area (Å²) in [5.41, 5.74) is 11.8. The van der Waals surface area contributed by atoms with Crippen molar-refractivity contribution in [1.82, 2.24) is 9.97 Å². The molecular formula is C36H36N2. The van der Waals surface area contributed by atoms with Gasteiger partial charge in [-0.15, -0.1) is 0 Å². The molecule has 0 atom stereocenters. The highest BCUT2D eigenvalue weighted by Crippen LogP contribution is 2.35. The Hall–Kier alpha value is -4.04. The second-order valence-corrected chi connectivity index (χ2v) is 12.1. The quantitative estimate of drug-likeness (QED) is 0.247. The molecule has 0 spiro atoms. The fourth-order valence-electron chi connectivity index (χ4n) is 4.68. The summed E-state index contributed by atoms with van der Waals surface area (Å²) in [6.45, 7) is 13.5. The first-order valence-corrected chi connectivity index (χ1v) is 13.3. The standard InChI is InChI=1S/C36H36N2/c1-35(2,3)31-15-10-25(11-16-31)28-21-29(26-12-17-32(18-13-26)36(4,5)6)23-30(22-28)27-14-19-34(38-24-27)33-9-7-8-20-37-33/h7-24H,1-6H3. The Morgan fingerprint density at radius 2 is 0.868 bits per heavy atom. The molecule has 0 aliphatic heterocycles.